The lowest BCUT2D eigenvalue weighted by molar-refractivity contribution is -0.144. The molecule has 1 aliphatic heterocycles. The Morgan fingerprint density at radius 1 is 1.32 bits per heavy atom. The second-order valence-electron chi connectivity index (χ2n) is 5.93. The average molecular weight is 299 g/mol. The highest BCUT2D eigenvalue weighted by atomic mass is 16.4. The summed E-state index contributed by atoms with van der Waals surface area (Å²) < 4.78 is 1.85. The highest BCUT2D eigenvalue weighted by molar-refractivity contribution is 5.76. The summed E-state index contributed by atoms with van der Waals surface area (Å²) in [5, 5.41) is 21.6. The van der Waals surface area contributed by atoms with Crippen molar-refractivity contribution in [2.75, 3.05) is 6.54 Å². The van der Waals surface area contributed by atoms with Crippen LogP contribution in [0.15, 0.2) is 24.3 Å². The van der Waals surface area contributed by atoms with E-state index in [1.165, 1.54) is 0 Å². The number of carboxylic acid groups (broad SMARTS) is 1. The van der Waals surface area contributed by atoms with Crippen molar-refractivity contribution in [2.24, 2.45) is 0 Å². The molecule has 0 amide bonds. The lowest BCUT2D eigenvalue weighted by Crippen LogP contribution is -2.39. The van der Waals surface area contributed by atoms with Crippen LogP contribution in [0.25, 0.3) is 0 Å². The number of fused-ring (bicyclic) bond motifs is 1. The van der Waals surface area contributed by atoms with Gasteiger partial charge in [-0.15, -0.1) is 5.10 Å². The minimum atomic E-state index is -0.822. The molecule has 4 rings (SSSR count). The molecule has 1 saturated carbocycles. The van der Waals surface area contributed by atoms with Gasteiger partial charge in [0, 0.05) is 6.54 Å². The van der Waals surface area contributed by atoms with Crippen molar-refractivity contribution in [3.8, 4) is 0 Å². The average Bonchev–Trinajstić information content (AvgIpc) is 3.26. The van der Waals surface area contributed by atoms with Gasteiger partial charge >= 0.3 is 5.97 Å². The number of nitrogens with zero attached hydrogens (tertiary/aromatic N) is 5. The first kappa shape index (κ1) is 13.4. The smallest absolute Gasteiger partial charge is 0.325 e. The molecule has 1 aromatic heterocycles. The van der Waals surface area contributed by atoms with Crippen LogP contribution in [0.1, 0.15) is 41.9 Å². The lowest BCUT2D eigenvalue weighted by atomic mass is 9.92. The van der Waals surface area contributed by atoms with Crippen molar-refractivity contribution in [3.63, 3.8) is 0 Å². The van der Waals surface area contributed by atoms with Crippen LogP contribution in [-0.2, 0) is 17.8 Å². The predicted molar refractivity (Wildman–Crippen MR) is 77.0 cm³/mol. The summed E-state index contributed by atoms with van der Waals surface area (Å²) in [7, 11) is 0. The van der Waals surface area contributed by atoms with Crippen LogP contribution in [0.2, 0.25) is 0 Å². The minimum Gasteiger partial charge on any atom is -0.480 e. The van der Waals surface area contributed by atoms with Crippen molar-refractivity contribution >= 4 is 5.97 Å². The molecule has 0 bridgehead atoms. The van der Waals surface area contributed by atoms with Gasteiger partial charge in [0.25, 0.3) is 0 Å². The summed E-state index contributed by atoms with van der Waals surface area (Å²) >= 11 is 0. The zero-order valence-corrected chi connectivity index (χ0v) is 12.1. The maximum Gasteiger partial charge on any atom is 0.325 e. The molecule has 7 nitrogen and oxygen atoms in total. The number of rotatable bonds is 4. The molecule has 114 valence electrons. The van der Waals surface area contributed by atoms with E-state index in [1.54, 1.807) is 0 Å². The molecule has 0 saturated heterocycles. The van der Waals surface area contributed by atoms with Crippen LogP contribution in [0.3, 0.4) is 0 Å². The van der Waals surface area contributed by atoms with Crippen LogP contribution in [0.5, 0.6) is 0 Å². The number of aromatic nitrogens is 4. The van der Waals surface area contributed by atoms with Gasteiger partial charge in [0.15, 0.2) is 5.82 Å². The monoisotopic (exact) mass is 299 g/mol. The summed E-state index contributed by atoms with van der Waals surface area (Å²) in [6.07, 6.45) is 3.05. The third kappa shape index (κ3) is 2.27. The molecule has 0 radical (unpaired) electrons. The lowest BCUT2D eigenvalue weighted by Gasteiger charge is -2.34. The Hall–Kier alpha value is -2.28. The van der Waals surface area contributed by atoms with E-state index >= 15 is 0 Å². The number of tetrazole rings is 1. The van der Waals surface area contributed by atoms with Gasteiger partial charge in [0.2, 0.25) is 0 Å². The van der Waals surface area contributed by atoms with Gasteiger partial charge in [-0.1, -0.05) is 24.3 Å². The van der Waals surface area contributed by atoms with Crippen molar-refractivity contribution < 1.29 is 9.90 Å². The largest absolute Gasteiger partial charge is 0.480 e. The van der Waals surface area contributed by atoms with Gasteiger partial charge in [-0.3, -0.25) is 9.69 Å². The molecule has 7 heteroatoms. The van der Waals surface area contributed by atoms with E-state index in [2.05, 4.69) is 15.5 Å². The number of hydrogen-bond donors (Lipinski definition) is 1. The second kappa shape index (κ2) is 5.17. The van der Waals surface area contributed by atoms with Crippen LogP contribution >= 0.6 is 0 Å². The van der Waals surface area contributed by atoms with Gasteiger partial charge in [0.05, 0.1) is 12.6 Å². The Morgan fingerprint density at radius 2 is 2.14 bits per heavy atom. The first-order valence-corrected chi connectivity index (χ1v) is 7.55. The summed E-state index contributed by atoms with van der Waals surface area (Å²) in [6, 6.07) is 7.54. The molecule has 1 atom stereocenters. The Kier molecular flexibility index (Phi) is 3.15. The highest BCUT2D eigenvalue weighted by Gasteiger charge is 2.35. The number of aliphatic carboxylic acids is 1. The normalized spacial score (nSPS) is 21.5. The topological polar surface area (TPSA) is 84.1 Å². The Labute approximate surface area is 127 Å². The number of carboxylic acids is 1. The zero-order valence-electron chi connectivity index (χ0n) is 12.1. The van der Waals surface area contributed by atoms with Crippen LogP contribution in [0, 0.1) is 0 Å². The summed E-state index contributed by atoms with van der Waals surface area (Å²) in [4.78, 5) is 13.7. The van der Waals surface area contributed by atoms with E-state index in [0.717, 1.165) is 36.2 Å². The quantitative estimate of drug-likeness (QED) is 0.913. The van der Waals surface area contributed by atoms with E-state index in [0.29, 0.717) is 19.1 Å². The second-order valence-corrected chi connectivity index (χ2v) is 5.93. The fourth-order valence-electron chi connectivity index (χ4n) is 3.18. The molecule has 2 heterocycles. The Morgan fingerprint density at radius 3 is 2.91 bits per heavy atom. The molecule has 1 fully saturated rings. The SMILES string of the molecule is O=C(O)C1c2ccccc2CCN1Cc1nnnn1C1CC1. The van der Waals surface area contributed by atoms with Gasteiger partial charge < -0.3 is 5.11 Å². The van der Waals surface area contributed by atoms with E-state index in [4.69, 9.17) is 0 Å². The summed E-state index contributed by atoms with van der Waals surface area (Å²) in [5.74, 6) is -0.0641. The summed E-state index contributed by atoms with van der Waals surface area (Å²) in [6.45, 7) is 1.17. The zero-order chi connectivity index (χ0) is 15.1. The van der Waals surface area contributed by atoms with Crippen molar-refractivity contribution in [1.82, 2.24) is 25.1 Å². The highest BCUT2D eigenvalue weighted by Crippen LogP contribution is 2.36. The van der Waals surface area contributed by atoms with Crippen molar-refractivity contribution in [3.05, 3.63) is 41.2 Å². The molecule has 0 spiro atoms. The van der Waals surface area contributed by atoms with Gasteiger partial charge in [-0.05, 0) is 40.8 Å². The maximum absolute atomic E-state index is 11.8. The van der Waals surface area contributed by atoms with E-state index < -0.39 is 12.0 Å². The molecular formula is C15H17N5O2. The van der Waals surface area contributed by atoms with E-state index in [-0.39, 0.29) is 0 Å². The molecule has 1 unspecified atom stereocenters. The van der Waals surface area contributed by atoms with Crippen molar-refractivity contribution in [2.45, 2.75) is 37.9 Å². The number of hydrogen-bond acceptors (Lipinski definition) is 5. The first-order valence-electron chi connectivity index (χ1n) is 7.55. The van der Waals surface area contributed by atoms with E-state index in [9.17, 15) is 9.90 Å². The minimum absolute atomic E-state index is 0.394. The van der Waals surface area contributed by atoms with Crippen LogP contribution in [-0.4, -0.2) is 42.7 Å². The van der Waals surface area contributed by atoms with Crippen molar-refractivity contribution in [1.29, 1.82) is 0 Å². The first-order chi connectivity index (χ1) is 10.7. The maximum atomic E-state index is 11.8. The molecule has 2 aromatic rings. The number of benzene rings is 1. The molecule has 1 aliphatic carbocycles. The van der Waals surface area contributed by atoms with E-state index in [1.807, 2.05) is 33.8 Å². The third-order valence-corrected chi connectivity index (χ3v) is 4.42. The Balaban J connectivity index is 1.63. The molecular weight excluding hydrogens is 282 g/mol. The third-order valence-electron chi connectivity index (χ3n) is 4.42. The molecule has 1 N–H and O–H groups in total. The molecule has 2 aliphatic rings. The van der Waals surface area contributed by atoms with Gasteiger partial charge in [0.1, 0.15) is 6.04 Å². The fraction of sp³-hybridized carbons (Fsp3) is 0.467. The molecule has 22 heavy (non-hydrogen) atoms. The van der Waals surface area contributed by atoms with Gasteiger partial charge in [-0.25, -0.2) is 4.68 Å². The predicted octanol–water partition coefficient (Wildman–Crippen LogP) is 1.19. The van der Waals surface area contributed by atoms with Gasteiger partial charge in [-0.2, -0.15) is 0 Å². The van der Waals surface area contributed by atoms with Crippen LogP contribution in [0.4, 0.5) is 0 Å². The van der Waals surface area contributed by atoms with Crippen LogP contribution < -0.4 is 0 Å². The Bertz CT molecular complexity index is 709. The number of carbonyl (C=O) groups is 1. The summed E-state index contributed by atoms with van der Waals surface area (Å²) in [5.41, 5.74) is 2.00. The standard InChI is InChI=1S/C15H17N5O2/c21-15(22)14-12-4-2-1-3-10(12)7-8-19(14)9-13-16-17-18-20(13)11-5-6-11/h1-4,11,14H,5-9H2,(H,21,22). The fourth-order valence-corrected chi connectivity index (χ4v) is 3.18. The molecule has 1 aromatic carbocycles.